The first-order chi connectivity index (χ1) is 16.9. The van der Waals surface area contributed by atoms with E-state index >= 15 is 0 Å². The molecule has 188 valence electrons. The van der Waals surface area contributed by atoms with Gasteiger partial charge in [0.15, 0.2) is 11.6 Å². The Labute approximate surface area is 214 Å². The summed E-state index contributed by atoms with van der Waals surface area (Å²) in [7, 11) is 1.40. The van der Waals surface area contributed by atoms with Crippen LogP contribution in [0.5, 0.6) is 5.75 Å². The Balaban J connectivity index is 1.65. The topological polar surface area (TPSA) is 93.8 Å². The molecule has 3 N–H and O–H groups in total. The molecule has 0 unspecified atom stereocenters. The van der Waals surface area contributed by atoms with E-state index in [4.69, 9.17) is 10.5 Å². The molecule has 0 aliphatic heterocycles. The highest BCUT2D eigenvalue weighted by Gasteiger charge is 2.25. The van der Waals surface area contributed by atoms with Gasteiger partial charge in [0.05, 0.1) is 13.5 Å². The quantitative estimate of drug-likeness (QED) is 0.312. The van der Waals surface area contributed by atoms with Crippen molar-refractivity contribution in [3.8, 4) is 5.75 Å². The first-order valence-corrected chi connectivity index (χ1v) is 12.8. The van der Waals surface area contributed by atoms with Crippen molar-refractivity contribution in [1.29, 1.82) is 0 Å². The van der Waals surface area contributed by atoms with E-state index in [1.165, 1.54) is 32.4 Å². The molecule has 1 saturated carbocycles. The molecule has 0 radical (unpaired) electrons. The lowest BCUT2D eigenvalue weighted by molar-refractivity contribution is -0.125. The Morgan fingerprint density at radius 3 is 2.66 bits per heavy atom. The van der Waals surface area contributed by atoms with Gasteiger partial charge >= 0.3 is 0 Å². The number of nitrogens with one attached hydrogen (secondary N) is 1. The van der Waals surface area contributed by atoms with Crippen LogP contribution in [0.25, 0.3) is 0 Å². The van der Waals surface area contributed by atoms with Crippen molar-refractivity contribution in [2.45, 2.75) is 57.9 Å². The number of hydrogen-bond acceptors (Lipinski definition) is 3. The molecule has 1 atom stereocenters. The number of benzene rings is 2. The number of halogens is 2. The fourth-order valence-corrected chi connectivity index (χ4v) is 4.98. The van der Waals surface area contributed by atoms with E-state index in [1.54, 1.807) is 12.1 Å². The normalized spacial score (nSPS) is 15.5. The monoisotopic (exact) mass is 545 g/mol. The van der Waals surface area contributed by atoms with Crippen molar-refractivity contribution in [3.05, 3.63) is 63.9 Å². The summed E-state index contributed by atoms with van der Waals surface area (Å²) in [4.78, 5) is 29.7. The molecule has 2 aromatic carbocycles. The zero-order valence-electron chi connectivity index (χ0n) is 20.1. The molecule has 0 aromatic heterocycles. The molecule has 0 spiro atoms. The van der Waals surface area contributed by atoms with Crippen molar-refractivity contribution in [3.63, 3.8) is 0 Å². The van der Waals surface area contributed by atoms with Crippen LogP contribution in [0.4, 0.5) is 4.39 Å². The van der Waals surface area contributed by atoms with Gasteiger partial charge in [-0.3, -0.25) is 9.59 Å². The molecule has 35 heavy (non-hydrogen) atoms. The van der Waals surface area contributed by atoms with Crippen LogP contribution < -0.4 is 15.8 Å². The van der Waals surface area contributed by atoms with Gasteiger partial charge in [0.25, 0.3) is 5.91 Å². The van der Waals surface area contributed by atoms with Gasteiger partial charge in [-0.1, -0.05) is 72.3 Å². The third kappa shape index (κ3) is 8.46. The van der Waals surface area contributed by atoms with Gasteiger partial charge in [-0.2, -0.15) is 0 Å². The molecule has 0 saturated heterocycles. The minimum absolute atomic E-state index is 0.133. The van der Waals surface area contributed by atoms with Crippen molar-refractivity contribution >= 4 is 33.6 Å². The van der Waals surface area contributed by atoms with Crippen molar-refractivity contribution in [2.75, 3.05) is 7.11 Å². The maximum Gasteiger partial charge on any atom is 0.251 e. The van der Waals surface area contributed by atoms with Gasteiger partial charge in [-0.25, -0.2) is 9.38 Å². The number of nitrogens with two attached hydrogens (primary N) is 1. The Morgan fingerprint density at radius 2 is 1.94 bits per heavy atom. The average Bonchev–Trinajstić information content (AvgIpc) is 2.85. The van der Waals surface area contributed by atoms with E-state index < -0.39 is 5.82 Å². The van der Waals surface area contributed by atoms with E-state index in [0.29, 0.717) is 12.3 Å². The minimum Gasteiger partial charge on any atom is -0.494 e. The number of ether oxygens (including phenoxy) is 1. The Kier molecular flexibility index (Phi) is 10.3. The van der Waals surface area contributed by atoms with Crippen LogP contribution in [0, 0.1) is 17.7 Å². The first kappa shape index (κ1) is 26.9. The Bertz CT molecular complexity index is 1050. The summed E-state index contributed by atoms with van der Waals surface area (Å²) in [5.74, 6) is -0.569. The van der Waals surface area contributed by atoms with Gasteiger partial charge < -0.3 is 15.8 Å². The number of methoxy groups -OCH3 is 1. The van der Waals surface area contributed by atoms with Crippen LogP contribution >= 0.6 is 15.9 Å². The number of carbonyl (C=O) groups is 2. The number of hydrogen-bond donors (Lipinski definition) is 2. The maximum atomic E-state index is 13.7. The van der Waals surface area contributed by atoms with Gasteiger partial charge in [-0.15, -0.1) is 0 Å². The van der Waals surface area contributed by atoms with Gasteiger partial charge in [0.2, 0.25) is 5.91 Å². The van der Waals surface area contributed by atoms with Crippen LogP contribution in [-0.2, 0) is 22.6 Å². The summed E-state index contributed by atoms with van der Waals surface area (Å²) >= 11 is 3.44. The highest BCUT2D eigenvalue weighted by Crippen LogP contribution is 2.30. The van der Waals surface area contributed by atoms with E-state index in [1.807, 2.05) is 24.3 Å². The lowest BCUT2D eigenvalue weighted by Gasteiger charge is -2.26. The number of amides is 2. The summed E-state index contributed by atoms with van der Waals surface area (Å²) in [6, 6.07) is 12.0. The molecular weight excluding hydrogens is 513 g/mol. The largest absolute Gasteiger partial charge is 0.494 e. The smallest absolute Gasteiger partial charge is 0.251 e. The van der Waals surface area contributed by atoms with Gasteiger partial charge in [-0.05, 0) is 41.7 Å². The van der Waals surface area contributed by atoms with E-state index in [2.05, 4.69) is 26.2 Å². The van der Waals surface area contributed by atoms with Crippen molar-refractivity contribution in [2.24, 2.45) is 22.6 Å². The first-order valence-electron chi connectivity index (χ1n) is 12.0. The third-order valence-corrected chi connectivity index (χ3v) is 7.19. The molecule has 1 aliphatic rings. The second-order valence-corrected chi connectivity index (χ2v) is 9.95. The highest BCUT2D eigenvalue weighted by molar-refractivity contribution is 9.10. The standard InChI is InChI=1S/C27H33BrFN3O3/c1-35-24-14-19(11-12-23(24)29)17-31-27(34)21(13-18-7-3-2-4-8-18)15-25(30)32-26(33)16-20-9-5-6-10-22(20)28/h5-6,9-12,14,18,21H,2-4,7-8,13,15-17H2,1H3,(H,31,34)(H2,30,32,33)/t21-/m0/s1. The number of aliphatic imine (C=N–C) groups is 1. The maximum absolute atomic E-state index is 13.7. The fourth-order valence-electron chi connectivity index (χ4n) is 4.56. The van der Waals surface area contributed by atoms with Crippen LogP contribution in [0.2, 0.25) is 0 Å². The molecule has 6 nitrogen and oxygen atoms in total. The number of nitrogens with zero attached hydrogens (tertiary/aromatic N) is 1. The Hall–Kier alpha value is -2.74. The number of carbonyl (C=O) groups excluding carboxylic acids is 2. The second kappa shape index (κ2) is 13.4. The van der Waals surface area contributed by atoms with Crippen LogP contribution in [0.1, 0.15) is 56.1 Å². The van der Waals surface area contributed by atoms with E-state index in [9.17, 15) is 14.0 Å². The van der Waals surface area contributed by atoms with Gasteiger partial charge in [0.1, 0.15) is 5.84 Å². The summed E-state index contributed by atoms with van der Waals surface area (Å²) in [6.45, 7) is 0.245. The summed E-state index contributed by atoms with van der Waals surface area (Å²) in [6.07, 6.45) is 6.81. The molecule has 2 aromatic rings. The Morgan fingerprint density at radius 1 is 1.20 bits per heavy atom. The molecular formula is C27H33BrFN3O3. The summed E-state index contributed by atoms with van der Waals surface area (Å²) in [5.41, 5.74) is 7.72. The van der Waals surface area contributed by atoms with Crippen molar-refractivity contribution < 1.29 is 18.7 Å². The second-order valence-electron chi connectivity index (χ2n) is 9.09. The third-order valence-electron chi connectivity index (χ3n) is 6.42. The number of rotatable bonds is 10. The van der Waals surface area contributed by atoms with E-state index in [0.717, 1.165) is 28.4 Å². The molecule has 0 heterocycles. The molecule has 2 amide bonds. The highest BCUT2D eigenvalue weighted by atomic mass is 79.9. The molecule has 3 rings (SSSR count). The summed E-state index contributed by atoms with van der Waals surface area (Å²) in [5, 5.41) is 2.95. The molecule has 1 fully saturated rings. The lowest BCUT2D eigenvalue weighted by Crippen LogP contribution is -2.35. The predicted molar refractivity (Wildman–Crippen MR) is 139 cm³/mol. The zero-order valence-corrected chi connectivity index (χ0v) is 21.7. The number of amidine groups is 1. The van der Waals surface area contributed by atoms with Crippen LogP contribution in [0.3, 0.4) is 0 Å². The molecule has 8 heteroatoms. The summed E-state index contributed by atoms with van der Waals surface area (Å²) < 4.78 is 19.6. The fraction of sp³-hybridized carbons (Fsp3) is 0.444. The van der Waals surface area contributed by atoms with Crippen LogP contribution in [-0.4, -0.2) is 24.8 Å². The molecule has 0 bridgehead atoms. The minimum atomic E-state index is -0.450. The SMILES string of the molecule is COc1cc(CNC(=O)[C@H](CC(N)=NC(=O)Cc2ccccc2Br)CC2CCCCC2)ccc1F. The van der Waals surface area contributed by atoms with Crippen molar-refractivity contribution in [1.82, 2.24) is 5.32 Å². The zero-order chi connectivity index (χ0) is 25.2. The average molecular weight is 546 g/mol. The van der Waals surface area contributed by atoms with E-state index in [-0.39, 0.29) is 48.7 Å². The predicted octanol–water partition coefficient (Wildman–Crippen LogP) is 5.32. The molecule has 1 aliphatic carbocycles. The lowest BCUT2D eigenvalue weighted by atomic mass is 9.81. The van der Waals surface area contributed by atoms with Gasteiger partial charge in [0, 0.05) is 23.4 Å². The van der Waals surface area contributed by atoms with Crippen LogP contribution in [0.15, 0.2) is 51.9 Å².